The lowest BCUT2D eigenvalue weighted by atomic mass is 10.2. The minimum absolute atomic E-state index is 0.942. The van der Waals surface area contributed by atoms with Crippen molar-refractivity contribution in [2.45, 2.75) is 41.5 Å². The fourth-order valence-corrected chi connectivity index (χ4v) is 2.20. The largest absolute Gasteiger partial charge is 0.368 e. The summed E-state index contributed by atoms with van der Waals surface area (Å²) in [5.41, 5.74) is 1.30. The SMILES string of the molecule is CC.CC.CC.c1ccc(N2CCN(c3ccon3)CC2)cc1. The number of rotatable bonds is 2. The molecule has 0 atom stereocenters. The Hall–Kier alpha value is -1.97. The van der Waals surface area contributed by atoms with Crippen LogP contribution in [0.2, 0.25) is 0 Å². The van der Waals surface area contributed by atoms with E-state index in [1.165, 1.54) is 5.69 Å². The monoisotopic (exact) mass is 319 g/mol. The van der Waals surface area contributed by atoms with Crippen LogP contribution in [-0.2, 0) is 0 Å². The Morgan fingerprint density at radius 3 is 1.74 bits per heavy atom. The molecule has 0 unspecified atom stereocenters. The van der Waals surface area contributed by atoms with E-state index in [4.69, 9.17) is 4.52 Å². The average Bonchev–Trinajstić information content (AvgIpc) is 3.22. The molecule has 1 aromatic heterocycles. The van der Waals surface area contributed by atoms with Crippen molar-refractivity contribution in [1.29, 1.82) is 0 Å². The molecule has 0 N–H and O–H groups in total. The molecule has 130 valence electrons. The van der Waals surface area contributed by atoms with Crippen LogP contribution in [0.5, 0.6) is 0 Å². The van der Waals surface area contributed by atoms with Gasteiger partial charge in [-0.25, -0.2) is 0 Å². The minimum Gasteiger partial charge on any atom is -0.368 e. The van der Waals surface area contributed by atoms with Crippen LogP contribution in [-0.4, -0.2) is 31.3 Å². The van der Waals surface area contributed by atoms with Crippen molar-refractivity contribution in [1.82, 2.24) is 5.16 Å². The van der Waals surface area contributed by atoms with Gasteiger partial charge in [-0.05, 0) is 12.1 Å². The third-order valence-electron chi connectivity index (χ3n) is 3.15. The Morgan fingerprint density at radius 1 is 0.739 bits per heavy atom. The molecule has 1 aromatic carbocycles. The highest BCUT2D eigenvalue weighted by Crippen LogP contribution is 2.18. The highest BCUT2D eigenvalue weighted by atomic mass is 16.5. The fraction of sp³-hybridized carbons (Fsp3) is 0.526. The van der Waals surface area contributed by atoms with E-state index in [2.05, 4.69) is 45.3 Å². The summed E-state index contributed by atoms with van der Waals surface area (Å²) in [6, 6.07) is 12.4. The van der Waals surface area contributed by atoms with Crippen LogP contribution >= 0.6 is 0 Å². The number of aromatic nitrogens is 1. The molecule has 3 rings (SSSR count). The predicted molar refractivity (Wildman–Crippen MR) is 101 cm³/mol. The number of benzene rings is 1. The molecule has 0 bridgehead atoms. The first-order valence-electron chi connectivity index (χ1n) is 8.89. The molecule has 0 spiro atoms. The summed E-state index contributed by atoms with van der Waals surface area (Å²) in [5.74, 6) is 0.942. The molecule has 1 saturated heterocycles. The number of piperazine rings is 1. The Kier molecular flexibility index (Phi) is 12.5. The molecule has 1 aliphatic heterocycles. The van der Waals surface area contributed by atoms with Gasteiger partial charge >= 0.3 is 0 Å². The van der Waals surface area contributed by atoms with Crippen LogP contribution < -0.4 is 9.80 Å². The molecule has 0 saturated carbocycles. The zero-order chi connectivity index (χ0) is 17.5. The average molecular weight is 319 g/mol. The van der Waals surface area contributed by atoms with Crippen molar-refractivity contribution in [3.63, 3.8) is 0 Å². The maximum absolute atomic E-state index is 4.87. The summed E-state index contributed by atoms with van der Waals surface area (Å²) in [5, 5.41) is 3.97. The topological polar surface area (TPSA) is 32.5 Å². The van der Waals surface area contributed by atoms with Crippen molar-refractivity contribution < 1.29 is 4.52 Å². The van der Waals surface area contributed by atoms with Crippen molar-refractivity contribution in [3.05, 3.63) is 42.7 Å². The fourth-order valence-electron chi connectivity index (χ4n) is 2.20. The van der Waals surface area contributed by atoms with E-state index < -0.39 is 0 Å². The lowest BCUT2D eigenvalue weighted by Gasteiger charge is -2.35. The molecule has 1 aliphatic rings. The first-order chi connectivity index (χ1) is 11.4. The lowest BCUT2D eigenvalue weighted by Crippen LogP contribution is -2.46. The number of hydrogen-bond donors (Lipinski definition) is 0. The van der Waals surface area contributed by atoms with Gasteiger partial charge in [0.15, 0.2) is 5.82 Å². The molecular weight excluding hydrogens is 286 g/mol. The van der Waals surface area contributed by atoms with Crippen LogP contribution in [0, 0.1) is 0 Å². The third kappa shape index (κ3) is 6.76. The lowest BCUT2D eigenvalue weighted by molar-refractivity contribution is 0.418. The van der Waals surface area contributed by atoms with E-state index in [0.717, 1.165) is 32.0 Å². The number of anilines is 2. The van der Waals surface area contributed by atoms with E-state index in [1.54, 1.807) is 6.26 Å². The number of nitrogens with zero attached hydrogens (tertiary/aromatic N) is 3. The van der Waals surface area contributed by atoms with E-state index >= 15 is 0 Å². The molecule has 4 heteroatoms. The summed E-state index contributed by atoms with van der Waals surface area (Å²) >= 11 is 0. The maximum atomic E-state index is 4.87. The van der Waals surface area contributed by atoms with Crippen LogP contribution in [0.15, 0.2) is 47.2 Å². The van der Waals surface area contributed by atoms with E-state index in [1.807, 2.05) is 47.6 Å². The van der Waals surface area contributed by atoms with Gasteiger partial charge in [-0.2, -0.15) is 0 Å². The van der Waals surface area contributed by atoms with Gasteiger partial charge < -0.3 is 14.3 Å². The van der Waals surface area contributed by atoms with Crippen LogP contribution in [0.3, 0.4) is 0 Å². The van der Waals surface area contributed by atoms with Gasteiger partial charge in [-0.1, -0.05) is 64.9 Å². The summed E-state index contributed by atoms with van der Waals surface area (Å²) in [4.78, 5) is 4.65. The highest BCUT2D eigenvalue weighted by Gasteiger charge is 2.18. The summed E-state index contributed by atoms with van der Waals surface area (Å²) < 4.78 is 4.87. The second-order valence-corrected chi connectivity index (χ2v) is 4.17. The first-order valence-corrected chi connectivity index (χ1v) is 8.89. The summed E-state index contributed by atoms with van der Waals surface area (Å²) in [7, 11) is 0. The van der Waals surface area contributed by atoms with Gasteiger partial charge in [0, 0.05) is 37.9 Å². The quantitative estimate of drug-likeness (QED) is 0.772. The highest BCUT2D eigenvalue weighted by molar-refractivity contribution is 5.48. The molecule has 0 radical (unpaired) electrons. The van der Waals surface area contributed by atoms with Crippen LogP contribution in [0.1, 0.15) is 41.5 Å². The smallest absolute Gasteiger partial charge is 0.172 e. The van der Waals surface area contributed by atoms with E-state index in [0.29, 0.717) is 0 Å². The van der Waals surface area contributed by atoms with Gasteiger partial charge in [0.25, 0.3) is 0 Å². The standard InChI is InChI=1S/C13H15N3O.3C2H6/c1-2-4-12(5-3-1)15-7-9-16(10-8-15)13-6-11-17-14-13;3*1-2/h1-6,11H,7-10H2;3*1-2H3. The second-order valence-electron chi connectivity index (χ2n) is 4.17. The van der Waals surface area contributed by atoms with Crippen LogP contribution in [0.4, 0.5) is 11.5 Å². The molecule has 0 aliphatic carbocycles. The molecule has 1 fully saturated rings. The summed E-state index contributed by atoms with van der Waals surface area (Å²) in [6.45, 7) is 16.0. The molecule has 23 heavy (non-hydrogen) atoms. The Labute approximate surface area is 142 Å². The van der Waals surface area contributed by atoms with Crippen molar-refractivity contribution >= 4 is 11.5 Å². The second kappa shape index (κ2) is 13.7. The number of hydrogen-bond acceptors (Lipinski definition) is 4. The Morgan fingerprint density at radius 2 is 1.26 bits per heavy atom. The molecule has 0 amide bonds. The Balaban J connectivity index is 0.000000728. The number of para-hydroxylation sites is 1. The molecule has 2 heterocycles. The van der Waals surface area contributed by atoms with Crippen molar-refractivity contribution in [2.75, 3.05) is 36.0 Å². The maximum Gasteiger partial charge on any atom is 0.172 e. The Bertz CT molecular complexity index is 449. The minimum atomic E-state index is 0.942. The van der Waals surface area contributed by atoms with E-state index in [-0.39, 0.29) is 0 Å². The van der Waals surface area contributed by atoms with Gasteiger partial charge in [-0.3, -0.25) is 0 Å². The van der Waals surface area contributed by atoms with Gasteiger partial charge in [0.05, 0.1) is 0 Å². The van der Waals surface area contributed by atoms with E-state index in [9.17, 15) is 0 Å². The van der Waals surface area contributed by atoms with Gasteiger partial charge in [-0.15, -0.1) is 0 Å². The van der Waals surface area contributed by atoms with Crippen LogP contribution in [0.25, 0.3) is 0 Å². The molecule has 2 aromatic rings. The first kappa shape index (κ1) is 21.0. The van der Waals surface area contributed by atoms with Crippen molar-refractivity contribution in [2.24, 2.45) is 0 Å². The normalized spacial score (nSPS) is 12.8. The predicted octanol–water partition coefficient (Wildman–Crippen LogP) is 5.08. The third-order valence-corrected chi connectivity index (χ3v) is 3.15. The van der Waals surface area contributed by atoms with Gasteiger partial charge in [0.1, 0.15) is 6.26 Å². The van der Waals surface area contributed by atoms with Gasteiger partial charge in [0.2, 0.25) is 0 Å². The van der Waals surface area contributed by atoms with Crippen molar-refractivity contribution in [3.8, 4) is 0 Å². The zero-order valence-corrected chi connectivity index (χ0v) is 15.6. The summed E-state index contributed by atoms with van der Waals surface area (Å²) in [6.07, 6.45) is 1.62. The zero-order valence-electron chi connectivity index (χ0n) is 15.6. The molecular formula is C19H33N3O. The molecule has 4 nitrogen and oxygen atoms in total.